The largest absolute Gasteiger partial charge is 0.494 e. The number of amides is 1. The van der Waals surface area contributed by atoms with Crippen molar-refractivity contribution in [2.24, 2.45) is 4.99 Å². The molecule has 0 atom stereocenters. The molecule has 0 radical (unpaired) electrons. The quantitative estimate of drug-likeness (QED) is 0.414. The zero-order valence-electron chi connectivity index (χ0n) is 17.0. The number of benzene rings is 2. The molecule has 31 heavy (non-hydrogen) atoms. The molecule has 0 aliphatic carbocycles. The van der Waals surface area contributed by atoms with Gasteiger partial charge >= 0.3 is 5.97 Å². The van der Waals surface area contributed by atoms with Crippen molar-refractivity contribution in [3.8, 4) is 11.5 Å². The fourth-order valence-electron chi connectivity index (χ4n) is 2.60. The first kappa shape index (κ1) is 22.9. The number of carbonyl (C=O) groups excluding carboxylic acids is 2. The number of thioether (sulfide) groups is 1. The number of halogens is 1. The average molecular weight is 505 g/mol. The lowest BCUT2D eigenvalue weighted by atomic mass is 10.2. The summed E-state index contributed by atoms with van der Waals surface area (Å²) in [6.07, 6.45) is 1.76. The van der Waals surface area contributed by atoms with E-state index in [2.05, 4.69) is 26.2 Å². The van der Waals surface area contributed by atoms with E-state index in [1.54, 1.807) is 25.1 Å². The molecule has 0 unspecified atom stereocenters. The van der Waals surface area contributed by atoms with E-state index in [0.29, 0.717) is 33.5 Å². The molecule has 9 heteroatoms. The van der Waals surface area contributed by atoms with Crippen LogP contribution >= 0.6 is 27.7 Å². The topological polar surface area (TPSA) is 86.2 Å². The lowest BCUT2D eigenvalue weighted by molar-refractivity contribution is -0.145. The second-order valence-corrected chi connectivity index (χ2v) is 8.08. The zero-order chi connectivity index (χ0) is 22.2. The van der Waals surface area contributed by atoms with Gasteiger partial charge in [0.05, 0.1) is 28.3 Å². The third-order valence-electron chi connectivity index (χ3n) is 3.93. The standard InChI is InChI=1S/C22H21BrN2O5S/c1-3-28-16-8-6-15(7-9-16)24-22-25-21(27)19(31-22)12-14-5-10-18(17(23)11-14)30-13-20(26)29-4-2/h5-12H,3-4,13H2,1-2H3,(H,24,25,27)/b19-12+. The Balaban J connectivity index is 1.67. The Morgan fingerprint density at radius 3 is 2.58 bits per heavy atom. The number of rotatable bonds is 8. The Hall–Kier alpha value is -2.78. The number of aliphatic imine (C=N–C) groups is 1. The highest BCUT2D eigenvalue weighted by Gasteiger charge is 2.24. The second-order valence-electron chi connectivity index (χ2n) is 6.19. The Kier molecular flexibility index (Phi) is 8.13. The summed E-state index contributed by atoms with van der Waals surface area (Å²) in [7, 11) is 0. The molecule has 2 aromatic carbocycles. The van der Waals surface area contributed by atoms with E-state index in [1.807, 2.05) is 37.3 Å². The van der Waals surface area contributed by atoms with Crippen LogP contribution in [0, 0.1) is 0 Å². The number of amidine groups is 1. The van der Waals surface area contributed by atoms with Crippen LogP contribution in [0.2, 0.25) is 0 Å². The second kappa shape index (κ2) is 11.0. The van der Waals surface area contributed by atoms with E-state index in [9.17, 15) is 9.59 Å². The van der Waals surface area contributed by atoms with Crippen molar-refractivity contribution >= 4 is 56.5 Å². The number of hydrogen-bond donors (Lipinski definition) is 1. The van der Waals surface area contributed by atoms with Crippen molar-refractivity contribution in [3.05, 3.63) is 57.4 Å². The summed E-state index contributed by atoms with van der Waals surface area (Å²) in [6.45, 7) is 4.40. The molecule has 1 amide bonds. The number of carbonyl (C=O) groups is 2. The van der Waals surface area contributed by atoms with E-state index >= 15 is 0 Å². The molecule has 1 fully saturated rings. The first-order chi connectivity index (χ1) is 15.0. The van der Waals surface area contributed by atoms with Crippen molar-refractivity contribution < 1.29 is 23.8 Å². The van der Waals surface area contributed by atoms with Crippen LogP contribution in [0.1, 0.15) is 19.4 Å². The molecule has 162 valence electrons. The molecule has 1 N–H and O–H groups in total. The summed E-state index contributed by atoms with van der Waals surface area (Å²) in [4.78, 5) is 28.7. The Bertz CT molecular complexity index is 1020. The van der Waals surface area contributed by atoms with E-state index in [-0.39, 0.29) is 12.5 Å². The van der Waals surface area contributed by atoms with Gasteiger partial charge in [-0.3, -0.25) is 4.79 Å². The number of hydrogen-bond acceptors (Lipinski definition) is 7. The highest BCUT2D eigenvalue weighted by molar-refractivity contribution is 9.10. The molecular weight excluding hydrogens is 484 g/mol. The fourth-order valence-corrected chi connectivity index (χ4v) is 3.95. The van der Waals surface area contributed by atoms with E-state index in [1.165, 1.54) is 11.8 Å². The van der Waals surface area contributed by atoms with Gasteiger partial charge in [0.15, 0.2) is 11.8 Å². The minimum Gasteiger partial charge on any atom is -0.494 e. The number of nitrogens with one attached hydrogen (secondary N) is 1. The molecule has 0 bridgehead atoms. The molecule has 3 rings (SSSR count). The molecule has 0 aromatic heterocycles. The molecule has 2 aromatic rings. The average Bonchev–Trinajstić information content (AvgIpc) is 3.08. The summed E-state index contributed by atoms with van der Waals surface area (Å²) in [5.74, 6) is 0.638. The van der Waals surface area contributed by atoms with Gasteiger partial charge in [-0.1, -0.05) is 6.07 Å². The summed E-state index contributed by atoms with van der Waals surface area (Å²) in [5, 5.41) is 3.28. The van der Waals surface area contributed by atoms with E-state index < -0.39 is 5.97 Å². The van der Waals surface area contributed by atoms with Crippen LogP contribution in [0.3, 0.4) is 0 Å². The fraction of sp³-hybridized carbons (Fsp3) is 0.227. The third kappa shape index (κ3) is 6.60. The molecule has 1 aliphatic heterocycles. The van der Waals surface area contributed by atoms with Gasteiger partial charge in [-0.15, -0.1) is 0 Å². The lowest BCUT2D eigenvalue weighted by Gasteiger charge is -2.08. The van der Waals surface area contributed by atoms with Crippen LogP contribution in [0.25, 0.3) is 6.08 Å². The van der Waals surface area contributed by atoms with Gasteiger partial charge in [-0.2, -0.15) is 0 Å². The lowest BCUT2D eigenvalue weighted by Crippen LogP contribution is -2.19. The highest BCUT2D eigenvalue weighted by atomic mass is 79.9. The first-order valence-corrected chi connectivity index (χ1v) is 11.2. The predicted molar refractivity (Wildman–Crippen MR) is 125 cm³/mol. The molecule has 0 spiro atoms. The van der Waals surface area contributed by atoms with Gasteiger partial charge in [-0.05, 0) is 89.6 Å². The third-order valence-corrected chi connectivity index (χ3v) is 5.46. The Morgan fingerprint density at radius 1 is 1.13 bits per heavy atom. The number of esters is 1. The van der Waals surface area contributed by atoms with Crippen molar-refractivity contribution in [3.63, 3.8) is 0 Å². The van der Waals surface area contributed by atoms with Crippen molar-refractivity contribution in [2.75, 3.05) is 19.8 Å². The number of nitrogens with zero attached hydrogens (tertiary/aromatic N) is 1. The molecule has 1 saturated heterocycles. The van der Waals surface area contributed by atoms with Crippen LogP contribution < -0.4 is 14.8 Å². The van der Waals surface area contributed by atoms with Crippen molar-refractivity contribution in [1.29, 1.82) is 0 Å². The molecule has 1 heterocycles. The van der Waals surface area contributed by atoms with Crippen molar-refractivity contribution in [1.82, 2.24) is 5.32 Å². The van der Waals surface area contributed by atoms with Gasteiger partial charge in [0.1, 0.15) is 11.5 Å². The summed E-state index contributed by atoms with van der Waals surface area (Å²) in [6, 6.07) is 12.7. The summed E-state index contributed by atoms with van der Waals surface area (Å²) in [5.41, 5.74) is 1.52. The molecule has 7 nitrogen and oxygen atoms in total. The van der Waals surface area contributed by atoms with Gasteiger partial charge in [0.2, 0.25) is 0 Å². The number of ether oxygens (including phenoxy) is 3. The van der Waals surface area contributed by atoms with Crippen LogP contribution in [-0.2, 0) is 14.3 Å². The molecule has 1 aliphatic rings. The zero-order valence-corrected chi connectivity index (χ0v) is 19.4. The monoisotopic (exact) mass is 504 g/mol. The van der Waals surface area contributed by atoms with Gasteiger partial charge in [0, 0.05) is 0 Å². The van der Waals surface area contributed by atoms with Gasteiger partial charge in [-0.25, -0.2) is 9.79 Å². The van der Waals surface area contributed by atoms with Crippen LogP contribution in [0.15, 0.2) is 56.8 Å². The SMILES string of the molecule is CCOC(=O)COc1ccc(/C=C2/SC(=Nc3ccc(OCC)cc3)NC2=O)cc1Br. The van der Waals surface area contributed by atoms with Crippen molar-refractivity contribution in [2.45, 2.75) is 13.8 Å². The summed E-state index contributed by atoms with van der Waals surface area (Å²) < 4.78 is 16.4. The van der Waals surface area contributed by atoms with Crippen LogP contribution in [0.5, 0.6) is 11.5 Å². The Labute approximate surface area is 193 Å². The molecular formula is C22H21BrN2O5S. The predicted octanol–water partition coefficient (Wildman–Crippen LogP) is 4.68. The minimum absolute atomic E-state index is 0.170. The highest BCUT2D eigenvalue weighted by Crippen LogP contribution is 2.31. The van der Waals surface area contributed by atoms with E-state index in [0.717, 1.165) is 17.0 Å². The normalized spacial score (nSPS) is 15.8. The minimum atomic E-state index is -0.432. The smallest absolute Gasteiger partial charge is 0.344 e. The van der Waals surface area contributed by atoms with Crippen LogP contribution in [-0.4, -0.2) is 36.9 Å². The Morgan fingerprint density at radius 2 is 1.90 bits per heavy atom. The maximum Gasteiger partial charge on any atom is 0.344 e. The van der Waals surface area contributed by atoms with Gasteiger partial charge in [0.25, 0.3) is 5.91 Å². The maximum absolute atomic E-state index is 12.3. The van der Waals surface area contributed by atoms with Crippen LogP contribution in [0.4, 0.5) is 5.69 Å². The summed E-state index contributed by atoms with van der Waals surface area (Å²) >= 11 is 4.69. The molecule has 0 saturated carbocycles. The van der Waals surface area contributed by atoms with E-state index in [4.69, 9.17) is 14.2 Å². The first-order valence-electron chi connectivity index (χ1n) is 9.59. The maximum atomic E-state index is 12.3. The van der Waals surface area contributed by atoms with Gasteiger partial charge < -0.3 is 19.5 Å².